The van der Waals surface area contributed by atoms with Crippen molar-refractivity contribution < 1.29 is 44.3 Å². The quantitative estimate of drug-likeness (QED) is 0.0463. The minimum Gasteiger partial charge on any atom is -0.481 e. The average molecular weight is 1150 g/mol. The van der Waals surface area contributed by atoms with Crippen LogP contribution >= 0.6 is 0 Å². The molecule has 2 aliphatic rings. The van der Waals surface area contributed by atoms with Crippen LogP contribution in [-0.2, 0) is 49.6 Å². The number of carboxylic acids is 4. The number of fused-ring (bicyclic) bond motifs is 16. The molecule has 0 radical (unpaired) electrons. The molecule has 2 atom stereocenters. The molecule has 0 aromatic carbocycles. The molecule has 10 rings (SSSR count). The summed E-state index contributed by atoms with van der Waals surface area (Å²) >= 11 is 0. The fraction of sp³-hybridized carbons (Fsp3) is 0.294. The first-order valence-corrected chi connectivity index (χ1v) is 28.8. The summed E-state index contributed by atoms with van der Waals surface area (Å²) in [5.41, 5.74) is 20.7. The van der Waals surface area contributed by atoms with Crippen LogP contribution in [0.15, 0.2) is 13.2 Å². The molecule has 0 saturated heterocycles. The number of aromatic nitrogens is 8. The minimum absolute atomic E-state index is 0.0732. The van der Waals surface area contributed by atoms with Crippen molar-refractivity contribution >= 4 is 84.6 Å². The van der Waals surface area contributed by atoms with Crippen LogP contribution in [0.3, 0.4) is 0 Å². The van der Waals surface area contributed by atoms with Gasteiger partial charge in [-0.15, -0.1) is 0 Å². The van der Waals surface area contributed by atoms with E-state index in [1.54, 1.807) is 0 Å². The van der Waals surface area contributed by atoms with Crippen molar-refractivity contribution in [2.45, 2.75) is 133 Å². The van der Waals surface area contributed by atoms with Crippen LogP contribution in [0.4, 0.5) is 0 Å². The Hall–Kier alpha value is -9.48. The Labute approximate surface area is 490 Å². The lowest BCUT2D eigenvalue weighted by molar-refractivity contribution is -0.138. The lowest BCUT2D eigenvalue weighted by Crippen LogP contribution is -2.14. The predicted octanol–water partition coefficient (Wildman–Crippen LogP) is 6.23. The van der Waals surface area contributed by atoms with E-state index in [1.165, 1.54) is 0 Å². The highest BCUT2D eigenvalue weighted by molar-refractivity contribution is 5.73. The molecule has 0 amide bonds. The van der Waals surface area contributed by atoms with Gasteiger partial charge in [0.1, 0.15) is 0 Å². The molecule has 0 saturated carbocycles. The molecule has 10 heterocycles. The van der Waals surface area contributed by atoms with Crippen molar-refractivity contribution in [2.75, 3.05) is 0 Å². The second kappa shape index (κ2) is 23.3. The van der Waals surface area contributed by atoms with Crippen LogP contribution in [0, 0.1) is 55.4 Å². The van der Waals surface area contributed by atoms with Crippen molar-refractivity contribution in [1.29, 1.82) is 0 Å². The van der Waals surface area contributed by atoms with Gasteiger partial charge in [-0.05, 0) is 210 Å². The molecule has 0 fully saturated rings. The first-order chi connectivity index (χ1) is 40.4. The maximum atomic E-state index is 12.2. The number of carboxylic acid groups (broad SMARTS) is 4. The number of rotatable bonds is 18. The molecule has 8 aromatic heterocycles. The zero-order valence-electron chi connectivity index (χ0n) is 49.8. The second-order valence-corrected chi connectivity index (χ2v) is 22.7. The van der Waals surface area contributed by atoms with Gasteiger partial charge in [0.2, 0.25) is 0 Å². The van der Waals surface area contributed by atoms with Crippen molar-refractivity contribution in [3.05, 3.63) is 191 Å². The van der Waals surface area contributed by atoms with Gasteiger partial charge in [0, 0.05) is 136 Å². The van der Waals surface area contributed by atoms with E-state index in [-0.39, 0.29) is 51.4 Å². The van der Waals surface area contributed by atoms with Gasteiger partial charge in [-0.2, -0.15) is 0 Å². The first kappa shape index (κ1) is 58.7. The van der Waals surface area contributed by atoms with Gasteiger partial charge in [0.05, 0.1) is 12.2 Å². The molecule has 8 aromatic rings. The molecule has 16 bridgehead atoms. The highest BCUT2D eigenvalue weighted by atomic mass is 16.5. The number of aliphatic carboxylic acids is 4. The molecule has 2 aliphatic heterocycles. The van der Waals surface area contributed by atoms with Crippen LogP contribution in [-0.4, -0.2) is 84.2 Å². The topological polar surface area (TPSA) is 285 Å². The van der Waals surface area contributed by atoms with E-state index in [0.717, 1.165) is 167 Å². The molecule has 2 unspecified atom stereocenters. The number of H-pyrrole nitrogens is 8. The SMILES string of the molecule is C=Cc1c(C)c2[nH]c1=Cc1[nH]c(c(C(C)OC(C)c3c4[nH]c(c3C)C=c3[nH]c(c(C)c3C=C)=Cc3[nH]c(c(CCC(=O)O)c3C)C=c3[nH]c(c(C)c3CCC(=O)O)=C4)c1C)C=c1[nH]c(c(CCC(=O)O)c1C)=Cc1[nH]c(c(C)c1CCC(=O)O)C=2. The Morgan fingerprint density at radius 1 is 0.365 bits per heavy atom. The van der Waals surface area contributed by atoms with Crippen molar-refractivity contribution in [3.63, 3.8) is 0 Å². The zero-order chi connectivity index (χ0) is 61.0. The van der Waals surface area contributed by atoms with Gasteiger partial charge in [0.25, 0.3) is 0 Å². The van der Waals surface area contributed by atoms with Crippen molar-refractivity contribution in [3.8, 4) is 0 Å². The molecule has 0 spiro atoms. The third-order valence-electron chi connectivity index (χ3n) is 17.6. The summed E-state index contributed by atoms with van der Waals surface area (Å²) in [7, 11) is 0. The second-order valence-electron chi connectivity index (χ2n) is 22.7. The van der Waals surface area contributed by atoms with E-state index in [4.69, 9.17) is 4.74 Å². The normalized spacial score (nSPS) is 13.2. The summed E-state index contributed by atoms with van der Waals surface area (Å²) in [5.74, 6) is -3.67. The van der Waals surface area contributed by atoms with Crippen molar-refractivity contribution in [1.82, 2.24) is 39.9 Å². The van der Waals surface area contributed by atoms with Crippen LogP contribution in [0.1, 0.15) is 186 Å². The summed E-state index contributed by atoms with van der Waals surface area (Å²) in [6.45, 7) is 28.7. The van der Waals surface area contributed by atoms with E-state index in [1.807, 2.05) is 91.8 Å². The lowest BCUT2D eigenvalue weighted by Gasteiger charge is -2.21. The molecule has 0 aliphatic carbocycles. The van der Waals surface area contributed by atoms with E-state index in [9.17, 15) is 39.6 Å². The number of nitrogens with one attached hydrogen (secondary N) is 8. The fourth-order valence-electron chi connectivity index (χ4n) is 12.8. The largest absolute Gasteiger partial charge is 0.481 e. The number of hydrogen-bond donors (Lipinski definition) is 12. The summed E-state index contributed by atoms with van der Waals surface area (Å²) < 4.78 is 7.32. The van der Waals surface area contributed by atoms with Crippen LogP contribution in [0.25, 0.3) is 60.8 Å². The highest BCUT2D eigenvalue weighted by Gasteiger charge is 2.27. The minimum atomic E-state index is -0.925. The van der Waals surface area contributed by atoms with Gasteiger partial charge < -0.3 is 65.0 Å². The number of aromatic amines is 8. The lowest BCUT2D eigenvalue weighted by atomic mass is 10.0. The Kier molecular flexibility index (Phi) is 16.1. The first-order valence-electron chi connectivity index (χ1n) is 28.8. The monoisotopic (exact) mass is 1150 g/mol. The van der Waals surface area contributed by atoms with E-state index in [0.29, 0.717) is 10.7 Å². The van der Waals surface area contributed by atoms with Gasteiger partial charge in [-0.1, -0.05) is 25.3 Å². The van der Waals surface area contributed by atoms with E-state index in [2.05, 4.69) is 91.2 Å². The maximum Gasteiger partial charge on any atom is 0.303 e. The summed E-state index contributed by atoms with van der Waals surface area (Å²) in [5, 5.41) is 45.9. The Morgan fingerprint density at radius 3 is 0.976 bits per heavy atom. The van der Waals surface area contributed by atoms with E-state index >= 15 is 0 Å². The standard InChI is InChI=1S/C68H74N8O9/c1-13-41-31(3)47-23-49-33(5)43(15-19-63(77)78)57(71-49)29-59-45(17-21-65(81)82)35(7)51(73-59)27-61-67(37(9)53(75-61)25-55(41)69-47)39(11)85-40(12)68-38(10)54-26-56-42(14-2)32(4)48(70-56)24-50-34(6)44(16-20-64(79)80)58(72-50)30-60-46(18-22-66(83)84)36(8)52(74-60)28-62(68)76-54/h13-14,23-30,39-40,69-76H,1-2,15-22H2,3-12H3,(H,77,78)(H,79,80)(H,81,82)(H,83,84). The average Bonchev–Trinajstić information content (AvgIpc) is 2.23. The molecule has 12 N–H and O–H groups in total. The van der Waals surface area contributed by atoms with Crippen molar-refractivity contribution in [2.24, 2.45) is 0 Å². The van der Waals surface area contributed by atoms with Gasteiger partial charge >= 0.3 is 23.9 Å². The van der Waals surface area contributed by atoms with Gasteiger partial charge in [-0.25, -0.2) is 0 Å². The third-order valence-corrected chi connectivity index (χ3v) is 17.6. The molecule has 17 heteroatoms. The third kappa shape index (κ3) is 11.3. The highest BCUT2D eigenvalue weighted by Crippen LogP contribution is 2.36. The number of ether oxygens (including phenoxy) is 1. The fourth-order valence-corrected chi connectivity index (χ4v) is 12.8. The summed E-state index contributed by atoms with van der Waals surface area (Å²) in [6.07, 6.45) is 19.6. The zero-order valence-corrected chi connectivity index (χ0v) is 49.8. The maximum absolute atomic E-state index is 12.2. The van der Waals surface area contributed by atoms with Gasteiger partial charge in [0.15, 0.2) is 0 Å². The summed E-state index contributed by atoms with van der Waals surface area (Å²) in [6, 6.07) is 0. The van der Waals surface area contributed by atoms with Crippen LogP contribution in [0.2, 0.25) is 0 Å². The predicted molar refractivity (Wildman–Crippen MR) is 332 cm³/mol. The number of carbonyl (C=O) groups is 4. The molecule has 17 nitrogen and oxygen atoms in total. The van der Waals surface area contributed by atoms with Crippen LogP contribution in [0.5, 0.6) is 0 Å². The van der Waals surface area contributed by atoms with Crippen LogP contribution < -0.4 is 42.8 Å². The molecular formula is C68H74N8O9. The summed E-state index contributed by atoms with van der Waals surface area (Å²) in [4.78, 5) is 77.6. The Bertz CT molecular complexity index is 4370. The van der Waals surface area contributed by atoms with Gasteiger partial charge in [-0.3, -0.25) is 19.2 Å². The molecule has 440 valence electrons. The Morgan fingerprint density at radius 2 is 0.635 bits per heavy atom. The molecular weight excluding hydrogens is 1070 g/mol. The van der Waals surface area contributed by atoms with E-state index < -0.39 is 36.1 Å². The Balaban J connectivity index is 1.17. The number of hydrogen-bond acceptors (Lipinski definition) is 5. The molecule has 85 heavy (non-hydrogen) atoms. The smallest absolute Gasteiger partial charge is 0.303 e.